The van der Waals surface area contributed by atoms with Gasteiger partial charge in [0.25, 0.3) is 0 Å². The first kappa shape index (κ1) is 16.3. The Bertz CT molecular complexity index is 892. The molecule has 0 bridgehead atoms. The van der Waals surface area contributed by atoms with Crippen LogP contribution in [-0.4, -0.2) is 27.2 Å². The zero-order valence-corrected chi connectivity index (χ0v) is 14.8. The third kappa shape index (κ3) is 3.34. The number of thiophene rings is 1. The van der Waals surface area contributed by atoms with Gasteiger partial charge in [0, 0.05) is 29.9 Å². The average molecular weight is 337 g/mol. The van der Waals surface area contributed by atoms with E-state index < -0.39 is 0 Å². The van der Waals surface area contributed by atoms with Gasteiger partial charge in [0.2, 0.25) is 0 Å². The average Bonchev–Trinajstić information content (AvgIpc) is 3.04. The second kappa shape index (κ2) is 6.89. The Hall–Kier alpha value is -2.59. The van der Waals surface area contributed by atoms with Crippen LogP contribution in [0.2, 0.25) is 0 Å². The van der Waals surface area contributed by atoms with Crippen LogP contribution < -0.4 is 4.90 Å². The molecule has 2 aromatic carbocycles. The number of hydrogen-bond acceptors (Lipinski definition) is 4. The van der Waals surface area contributed by atoms with Crippen molar-refractivity contribution < 1.29 is 9.53 Å². The monoisotopic (exact) mass is 337 g/mol. The van der Waals surface area contributed by atoms with Crippen molar-refractivity contribution in [1.29, 1.82) is 0 Å². The Kier molecular flexibility index (Phi) is 4.67. The molecule has 0 N–H and O–H groups in total. The van der Waals surface area contributed by atoms with Crippen molar-refractivity contribution in [3.05, 3.63) is 64.5 Å². The van der Waals surface area contributed by atoms with Crippen molar-refractivity contribution in [2.45, 2.75) is 0 Å². The fourth-order valence-corrected chi connectivity index (χ4v) is 3.51. The van der Waals surface area contributed by atoms with Gasteiger partial charge in [-0.05, 0) is 35.4 Å². The quantitative estimate of drug-likeness (QED) is 0.500. The summed E-state index contributed by atoms with van der Waals surface area (Å²) in [6, 6.07) is 16.4. The van der Waals surface area contributed by atoms with E-state index in [0.717, 1.165) is 21.2 Å². The highest BCUT2D eigenvalue weighted by molar-refractivity contribution is 7.20. The number of nitrogens with zero attached hydrogens (tertiary/aromatic N) is 1. The van der Waals surface area contributed by atoms with Crippen LogP contribution in [0.3, 0.4) is 0 Å². The lowest BCUT2D eigenvalue weighted by Gasteiger charge is -2.11. The second-order valence-corrected chi connectivity index (χ2v) is 6.76. The third-order valence-electron chi connectivity index (χ3n) is 3.85. The molecule has 3 nitrogen and oxygen atoms in total. The summed E-state index contributed by atoms with van der Waals surface area (Å²) in [5.41, 5.74) is 3.41. The lowest BCUT2D eigenvalue weighted by Crippen LogP contribution is -2.07. The zero-order valence-electron chi connectivity index (χ0n) is 13.9. The van der Waals surface area contributed by atoms with E-state index in [2.05, 4.69) is 47.4 Å². The Morgan fingerprint density at radius 3 is 2.50 bits per heavy atom. The zero-order chi connectivity index (χ0) is 17.1. The topological polar surface area (TPSA) is 29.5 Å². The summed E-state index contributed by atoms with van der Waals surface area (Å²) in [6.45, 7) is 0. The van der Waals surface area contributed by atoms with E-state index in [1.807, 2.05) is 32.3 Å². The molecule has 4 heteroatoms. The number of fused-ring (bicyclic) bond motifs is 1. The summed E-state index contributed by atoms with van der Waals surface area (Å²) in [5, 5.41) is 1.07. The number of anilines is 1. The normalized spacial score (nSPS) is 11.1. The van der Waals surface area contributed by atoms with Gasteiger partial charge in [-0.2, -0.15) is 0 Å². The molecular formula is C20H19NO2S. The fraction of sp³-hybridized carbons (Fsp3) is 0.150. The standard InChI is InChI=1S/C20H19NO2S/c1-21(2)16-11-8-14(9-12-16)7-10-15-5-4-6-18-17(15)13-19(24-18)20(22)23-3/h4-13H,1-3H3/b10-7+. The van der Waals surface area contributed by atoms with Gasteiger partial charge in [0.15, 0.2) is 0 Å². The summed E-state index contributed by atoms with van der Waals surface area (Å²) in [5.74, 6) is -0.287. The minimum absolute atomic E-state index is 0.287. The first-order chi connectivity index (χ1) is 11.6. The highest BCUT2D eigenvalue weighted by atomic mass is 32.1. The number of methoxy groups -OCH3 is 1. The summed E-state index contributed by atoms with van der Waals surface area (Å²) in [6.07, 6.45) is 4.17. The van der Waals surface area contributed by atoms with E-state index >= 15 is 0 Å². The van der Waals surface area contributed by atoms with Gasteiger partial charge >= 0.3 is 5.97 Å². The van der Waals surface area contributed by atoms with Crippen molar-refractivity contribution in [3.63, 3.8) is 0 Å². The van der Waals surface area contributed by atoms with Gasteiger partial charge < -0.3 is 9.64 Å². The SMILES string of the molecule is COC(=O)c1cc2c(/C=C/c3ccc(N(C)C)cc3)cccc2s1. The van der Waals surface area contributed by atoms with Crippen LogP contribution in [0.25, 0.3) is 22.2 Å². The molecule has 0 amide bonds. The number of benzene rings is 2. The minimum atomic E-state index is -0.287. The van der Waals surface area contributed by atoms with E-state index in [4.69, 9.17) is 4.74 Å². The fourth-order valence-electron chi connectivity index (χ4n) is 2.50. The van der Waals surface area contributed by atoms with Crippen LogP contribution in [0, 0.1) is 0 Å². The summed E-state index contributed by atoms with van der Waals surface area (Å²) in [7, 11) is 5.47. The van der Waals surface area contributed by atoms with Crippen LogP contribution in [0.5, 0.6) is 0 Å². The Balaban J connectivity index is 1.91. The minimum Gasteiger partial charge on any atom is -0.465 e. The third-order valence-corrected chi connectivity index (χ3v) is 4.93. The van der Waals surface area contributed by atoms with Gasteiger partial charge in [-0.3, -0.25) is 0 Å². The molecule has 1 aromatic heterocycles. The Labute approximate surface area is 145 Å². The molecule has 3 aromatic rings. The van der Waals surface area contributed by atoms with E-state index in [9.17, 15) is 4.79 Å². The molecule has 0 spiro atoms. The predicted molar refractivity (Wildman–Crippen MR) is 103 cm³/mol. The van der Waals surface area contributed by atoms with Gasteiger partial charge in [0.05, 0.1) is 7.11 Å². The highest BCUT2D eigenvalue weighted by Crippen LogP contribution is 2.30. The molecule has 0 saturated heterocycles. The van der Waals surface area contributed by atoms with Crippen molar-refractivity contribution in [2.24, 2.45) is 0 Å². The molecule has 24 heavy (non-hydrogen) atoms. The molecule has 0 saturated carbocycles. The smallest absolute Gasteiger partial charge is 0.348 e. The first-order valence-electron chi connectivity index (χ1n) is 7.65. The van der Waals surface area contributed by atoms with Gasteiger partial charge in [-0.15, -0.1) is 11.3 Å². The van der Waals surface area contributed by atoms with Crippen molar-refractivity contribution in [1.82, 2.24) is 0 Å². The summed E-state index contributed by atoms with van der Waals surface area (Å²) < 4.78 is 5.90. The van der Waals surface area contributed by atoms with E-state index in [0.29, 0.717) is 4.88 Å². The molecule has 1 heterocycles. The van der Waals surface area contributed by atoms with Gasteiger partial charge in [0.1, 0.15) is 4.88 Å². The Morgan fingerprint density at radius 1 is 1.08 bits per heavy atom. The van der Waals surface area contributed by atoms with E-state index in [1.165, 1.54) is 24.1 Å². The number of ether oxygens (including phenoxy) is 1. The van der Waals surface area contributed by atoms with Crippen LogP contribution in [-0.2, 0) is 4.74 Å². The van der Waals surface area contributed by atoms with Crippen LogP contribution >= 0.6 is 11.3 Å². The predicted octanol–water partition coefficient (Wildman–Crippen LogP) is 4.92. The molecule has 0 aliphatic rings. The van der Waals surface area contributed by atoms with Gasteiger partial charge in [-0.1, -0.05) is 36.4 Å². The first-order valence-corrected chi connectivity index (χ1v) is 8.46. The number of carbonyl (C=O) groups is 1. The molecule has 0 atom stereocenters. The summed E-state index contributed by atoms with van der Waals surface area (Å²) >= 11 is 1.46. The molecule has 0 fully saturated rings. The second-order valence-electron chi connectivity index (χ2n) is 5.68. The molecule has 0 unspecified atom stereocenters. The lowest BCUT2D eigenvalue weighted by atomic mass is 10.1. The molecular weight excluding hydrogens is 318 g/mol. The maximum Gasteiger partial charge on any atom is 0.348 e. The van der Waals surface area contributed by atoms with Crippen molar-refractivity contribution in [2.75, 3.05) is 26.1 Å². The highest BCUT2D eigenvalue weighted by Gasteiger charge is 2.11. The van der Waals surface area contributed by atoms with Gasteiger partial charge in [-0.25, -0.2) is 4.79 Å². The van der Waals surface area contributed by atoms with Crippen LogP contribution in [0.4, 0.5) is 5.69 Å². The molecule has 0 aliphatic heterocycles. The molecule has 122 valence electrons. The number of esters is 1. The van der Waals surface area contributed by atoms with E-state index in [-0.39, 0.29) is 5.97 Å². The van der Waals surface area contributed by atoms with Crippen LogP contribution in [0.15, 0.2) is 48.5 Å². The number of hydrogen-bond donors (Lipinski definition) is 0. The van der Waals surface area contributed by atoms with Crippen molar-refractivity contribution in [3.8, 4) is 0 Å². The molecule has 3 rings (SSSR count). The Morgan fingerprint density at radius 2 is 1.83 bits per heavy atom. The largest absolute Gasteiger partial charge is 0.465 e. The maximum atomic E-state index is 11.7. The van der Waals surface area contributed by atoms with Crippen LogP contribution in [0.1, 0.15) is 20.8 Å². The maximum absolute atomic E-state index is 11.7. The molecule has 0 aliphatic carbocycles. The van der Waals surface area contributed by atoms with Crippen molar-refractivity contribution >= 4 is 45.2 Å². The molecule has 0 radical (unpaired) electrons. The van der Waals surface area contributed by atoms with E-state index in [1.54, 1.807) is 0 Å². The summed E-state index contributed by atoms with van der Waals surface area (Å²) in [4.78, 5) is 14.4. The lowest BCUT2D eigenvalue weighted by molar-refractivity contribution is 0.0606. The number of rotatable bonds is 4. The number of carbonyl (C=O) groups excluding carboxylic acids is 1.